The number of nitrogens with one attached hydrogen (secondary N) is 2. The van der Waals surface area contributed by atoms with Crippen LogP contribution in [0, 0.1) is 0 Å². The summed E-state index contributed by atoms with van der Waals surface area (Å²) in [5, 5.41) is 6.41. The second kappa shape index (κ2) is 11.9. The number of fused-ring (bicyclic) bond motifs is 1. The number of amides is 2. The Labute approximate surface area is 225 Å². The van der Waals surface area contributed by atoms with Gasteiger partial charge in [0.05, 0.1) is 17.9 Å². The van der Waals surface area contributed by atoms with Gasteiger partial charge in [0.1, 0.15) is 30.3 Å². The molecule has 0 bridgehead atoms. The van der Waals surface area contributed by atoms with Crippen molar-refractivity contribution in [1.29, 1.82) is 0 Å². The van der Waals surface area contributed by atoms with Crippen molar-refractivity contribution < 1.29 is 23.5 Å². The number of para-hydroxylation sites is 3. The van der Waals surface area contributed by atoms with Gasteiger partial charge in [-0.05, 0) is 66.2 Å². The van der Waals surface area contributed by atoms with Crippen molar-refractivity contribution in [3.63, 3.8) is 0 Å². The Kier molecular flexibility index (Phi) is 7.73. The number of nitrogen functional groups attached to an aromatic ring is 1. The quantitative estimate of drug-likeness (QED) is 0.161. The lowest BCUT2D eigenvalue weighted by Crippen LogP contribution is -2.27. The number of hydrogen-bond acceptors (Lipinski definition) is 6. The molecule has 5 aromatic rings. The van der Waals surface area contributed by atoms with E-state index in [0.29, 0.717) is 34.9 Å². The van der Waals surface area contributed by atoms with E-state index in [1.165, 1.54) is 0 Å². The molecule has 4 N–H and O–H groups in total. The summed E-state index contributed by atoms with van der Waals surface area (Å²) in [7, 11) is 0. The lowest BCUT2D eigenvalue weighted by Gasteiger charge is -2.09. The van der Waals surface area contributed by atoms with E-state index in [4.69, 9.17) is 19.6 Å². The Bertz CT molecular complexity index is 1580. The van der Waals surface area contributed by atoms with Crippen LogP contribution in [0.1, 0.15) is 26.5 Å². The van der Waals surface area contributed by atoms with Crippen LogP contribution in [0.15, 0.2) is 108 Å². The fourth-order valence-corrected chi connectivity index (χ4v) is 3.89. The molecule has 0 aliphatic heterocycles. The smallest absolute Gasteiger partial charge is 0.287 e. The first-order valence-electron chi connectivity index (χ1n) is 12.4. The molecule has 8 nitrogen and oxygen atoms in total. The van der Waals surface area contributed by atoms with Crippen molar-refractivity contribution in [3.8, 4) is 11.5 Å². The van der Waals surface area contributed by atoms with Gasteiger partial charge in [0.15, 0.2) is 5.76 Å². The van der Waals surface area contributed by atoms with Gasteiger partial charge in [-0.15, -0.1) is 0 Å². The first-order valence-corrected chi connectivity index (χ1v) is 12.4. The van der Waals surface area contributed by atoms with Crippen molar-refractivity contribution in [2.45, 2.75) is 6.61 Å². The van der Waals surface area contributed by atoms with Gasteiger partial charge in [0, 0.05) is 10.9 Å². The third-order valence-electron chi connectivity index (χ3n) is 5.94. The van der Waals surface area contributed by atoms with Crippen molar-refractivity contribution in [2.24, 2.45) is 0 Å². The number of rotatable bonds is 10. The Morgan fingerprint density at radius 1 is 0.769 bits per heavy atom. The minimum absolute atomic E-state index is 0.223. The lowest BCUT2D eigenvalue weighted by atomic mass is 10.2. The summed E-state index contributed by atoms with van der Waals surface area (Å²) in [5.41, 5.74) is 8.95. The van der Waals surface area contributed by atoms with Gasteiger partial charge in [-0.3, -0.25) is 9.59 Å². The maximum absolute atomic E-state index is 12.6. The molecule has 0 spiro atoms. The van der Waals surface area contributed by atoms with Crippen molar-refractivity contribution in [3.05, 3.63) is 120 Å². The maximum atomic E-state index is 12.6. The van der Waals surface area contributed by atoms with E-state index in [1.807, 2.05) is 48.5 Å². The number of carbonyl (C=O) groups excluding carboxylic acids is 2. The third kappa shape index (κ3) is 6.56. The highest BCUT2D eigenvalue weighted by Crippen LogP contribution is 2.22. The van der Waals surface area contributed by atoms with Crippen LogP contribution in [0.5, 0.6) is 11.5 Å². The Hall–Kier alpha value is -5.24. The number of hydrogen-bond donors (Lipinski definition) is 3. The lowest BCUT2D eigenvalue weighted by molar-refractivity contribution is 0.0920. The van der Waals surface area contributed by atoms with Gasteiger partial charge < -0.3 is 30.3 Å². The molecule has 2 amide bonds. The van der Waals surface area contributed by atoms with Crippen LogP contribution in [0.4, 0.5) is 11.4 Å². The molecule has 8 heteroatoms. The highest BCUT2D eigenvalue weighted by Gasteiger charge is 2.13. The zero-order valence-corrected chi connectivity index (χ0v) is 21.1. The Morgan fingerprint density at radius 3 is 2.31 bits per heavy atom. The summed E-state index contributed by atoms with van der Waals surface area (Å²) < 4.78 is 17.2. The molecule has 39 heavy (non-hydrogen) atoms. The SMILES string of the molecule is Nc1ccccc1NC(=O)c1ccc(OCCNC(=O)c2cc3ccc(COc4ccccc4)cc3o2)cc1. The van der Waals surface area contributed by atoms with Gasteiger partial charge in [0.2, 0.25) is 0 Å². The van der Waals surface area contributed by atoms with Crippen LogP contribution < -0.4 is 25.8 Å². The van der Waals surface area contributed by atoms with Gasteiger partial charge in [-0.2, -0.15) is 0 Å². The maximum Gasteiger partial charge on any atom is 0.287 e. The highest BCUT2D eigenvalue weighted by molar-refractivity contribution is 6.05. The Balaban J connectivity index is 1.08. The summed E-state index contributed by atoms with van der Waals surface area (Å²) in [5.74, 6) is 0.987. The molecule has 1 heterocycles. The fourth-order valence-electron chi connectivity index (χ4n) is 3.89. The number of carbonyl (C=O) groups is 2. The number of anilines is 2. The second-order valence-electron chi connectivity index (χ2n) is 8.75. The van der Waals surface area contributed by atoms with Crippen LogP contribution >= 0.6 is 0 Å². The first-order chi connectivity index (χ1) is 19.0. The monoisotopic (exact) mass is 521 g/mol. The molecule has 0 aliphatic carbocycles. The van der Waals surface area contributed by atoms with Crippen LogP contribution in [0.3, 0.4) is 0 Å². The predicted molar refractivity (Wildman–Crippen MR) is 150 cm³/mol. The molecule has 196 valence electrons. The average molecular weight is 522 g/mol. The Morgan fingerprint density at radius 2 is 1.51 bits per heavy atom. The van der Waals surface area contributed by atoms with E-state index >= 15 is 0 Å². The average Bonchev–Trinajstić information content (AvgIpc) is 3.40. The molecule has 0 fully saturated rings. The number of nitrogens with two attached hydrogens (primary N) is 1. The minimum atomic E-state index is -0.330. The highest BCUT2D eigenvalue weighted by atomic mass is 16.5. The third-order valence-corrected chi connectivity index (χ3v) is 5.94. The van der Waals surface area contributed by atoms with Crippen LogP contribution in [0.2, 0.25) is 0 Å². The number of furan rings is 1. The summed E-state index contributed by atoms with van der Waals surface area (Å²) >= 11 is 0. The first kappa shape index (κ1) is 25.4. The molecule has 0 atom stereocenters. The zero-order chi connectivity index (χ0) is 27.0. The molecular formula is C31H27N3O5. The minimum Gasteiger partial charge on any atom is -0.492 e. The van der Waals surface area contributed by atoms with Gasteiger partial charge in [-0.25, -0.2) is 0 Å². The topological polar surface area (TPSA) is 116 Å². The fraction of sp³-hybridized carbons (Fsp3) is 0.0968. The summed E-state index contributed by atoms with van der Waals surface area (Å²) in [6.07, 6.45) is 0. The number of ether oxygens (including phenoxy) is 2. The van der Waals surface area contributed by atoms with Crippen LogP contribution in [-0.4, -0.2) is 25.0 Å². The van der Waals surface area contributed by atoms with E-state index in [-0.39, 0.29) is 30.7 Å². The van der Waals surface area contributed by atoms with E-state index in [9.17, 15) is 9.59 Å². The molecule has 0 aliphatic rings. The summed E-state index contributed by atoms with van der Waals surface area (Å²) in [4.78, 5) is 25.0. The van der Waals surface area contributed by atoms with Gasteiger partial charge in [-0.1, -0.05) is 42.5 Å². The molecular weight excluding hydrogens is 494 g/mol. The van der Waals surface area contributed by atoms with E-state index in [0.717, 1.165) is 16.7 Å². The predicted octanol–water partition coefficient (Wildman–Crippen LogP) is 5.66. The second-order valence-corrected chi connectivity index (χ2v) is 8.75. The van der Waals surface area contributed by atoms with Crippen molar-refractivity contribution in [2.75, 3.05) is 24.2 Å². The summed E-state index contributed by atoms with van der Waals surface area (Å²) in [6.45, 7) is 0.924. The number of benzene rings is 4. The van der Waals surface area contributed by atoms with E-state index in [1.54, 1.807) is 54.6 Å². The molecule has 0 saturated heterocycles. The normalized spacial score (nSPS) is 10.7. The standard InChI is InChI=1S/C31H27N3O5/c32-26-8-4-5-9-27(26)34-30(35)22-12-14-25(15-13-22)37-17-16-33-31(36)29-19-23-11-10-21(18-28(23)39-29)20-38-24-6-2-1-3-7-24/h1-15,18-19H,16-17,20,32H2,(H,33,36)(H,34,35). The largest absolute Gasteiger partial charge is 0.492 e. The zero-order valence-electron chi connectivity index (χ0n) is 21.1. The van der Waals surface area contributed by atoms with Crippen molar-refractivity contribution >= 4 is 34.2 Å². The van der Waals surface area contributed by atoms with Gasteiger partial charge >= 0.3 is 0 Å². The van der Waals surface area contributed by atoms with Gasteiger partial charge in [0.25, 0.3) is 11.8 Å². The summed E-state index contributed by atoms with van der Waals surface area (Å²) in [6, 6.07) is 30.8. The van der Waals surface area contributed by atoms with Crippen LogP contribution in [-0.2, 0) is 6.61 Å². The molecule has 1 aromatic heterocycles. The van der Waals surface area contributed by atoms with E-state index < -0.39 is 0 Å². The van der Waals surface area contributed by atoms with E-state index in [2.05, 4.69) is 10.6 Å². The van der Waals surface area contributed by atoms with Crippen LogP contribution in [0.25, 0.3) is 11.0 Å². The molecule has 5 rings (SSSR count). The molecule has 0 unspecified atom stereocenters. The molecule has 0 radical (unpaired) electrons. The molecule has 0 saturated carbocycles. The molecule has 4 aromatic carbocycles. The van der Waals surface area contributed by atoms with Crippen molar-refractivity contribution in [1.82, 2.24) is 5.32 Å².